The van der Waals surface area contributed by atoms with Crippen LogP contribution in [0.25, 0.3) is 0 Å². The van der Waals surface area contributed by atoms with Crippen LogP contribution in [0.1, 0.15) is 16.2 Å². The van der Waals surface area contributed by atoms with Gasteiger partial charge < -0.3 is 10.4 Å². The number of aromatic nitrogens is 3. The van der Waals surface area contributed by atoms with Gasteiger partial charge in [0.25, 0.3) is 5.91 Å². The van der Waals surface area contributed by atoms with Gasteiger partial charge in [0.05, 0.1) is 0 Å². The van der Waals surface area contributed by atoms with E-state index >= 15 is 0 Å². The molecule has 0 aliphatic heterocycles. The Hall–Kier alpha value is -2.02. The number of amides is 1. The van der Waals surface area contributed by atoms with Crippen LogP contribution in [-0.2, 0) is 0 Å². The number of nitrogens with one attached hydrogen (secondary N) is 1. The third-order valence-corrected chi connectivity index (χ3v) is 2.55. The fraction of sp³-hybridized carbons (Fsp3) is 0.0909. The molecule has 0 atom stereocenters. The first kappa shape index (κ1) is 12.4. The van der Waals surface area contributed by atoms with Gasteiger partial charge >= 0.3 is 0 Å². The summed E-state index contributed by atoms with van der Waals surface area (Å²) in [5, 5.41) is 12.0. The summed E-state index contributed by atoms with van der Waals surface area (Å²) in [6.45, 7) is 1.76. The number of pyridine rings is 1. The molecule has 0 aromatic carbocycles. The molecule has 0 fully saturated rings. The minimum Gasteiger partial charge on any atom is -0.492 e. The van der Waals surface area contributed by atoms with E-state index in [9.17, 15) is 9.90 Å². The molecular weight excluding hydrogens is 300 g/mol. The van der Waals surface area contributed by atoms with Crippen molar-refractivity contribution in [3.05, 3.63) is 40.5 Å². The highest BCUT2D eigenvalue weighted by atomic mass is 79.9. The molecule has 2 aromatic rings. The highest BCUT2D eigenvalue weighted by molar-refractivity contribution is 9.10. The summed E-state index contributed by atoms with van der Waals surface area (Å²) in [5.74, 6) is -0.687. The van der Waals surface area contributed by atoms with E-state index in [1.807, 2.05) is 0 Å². The predicted molar refractivity (Wildman–Crippen MR) is 68.3 cm³/mol. The Morgan fingerprint density at radius 1 is 1.33 bits per heavy atom. The van der Waals surface area contributed by atoms with Crippen molar-refractivity contribution in [3.63, 3.8) is 0 Å². The zero-order valence-corrected chi connectivity index (χ0v) is 11.0. The summed E-state index contributed by atoms with van der Waals surface area (Å²) in [6, 6.07) is 3.10. The van der Waals surface area contributed by atoms with Crippen LogP contribution in [0.3, 0.4) is 0 Å². The lowest BCUT2D eigenvalue weighted by Gasteiger charge is -2.06. The average molecular weight is 309 g/mol. The molecule has 0 saturated heterocycles. The maximum atomic E-state index is 11.9. The zero-order chi connectivity index (χ0) is 13.1. The fourth-order valence-electron chi connectivity index (χ4n) is 1.29. The molecule has 92 valence electrons. The van der Waals surface area contributed by atoms with Crippen LogP contribution in [0, 0.1) is 6.92 Å². The number of aryl methyl sites for hydroxylation is 1. The Labute approximate surface area is 111 Å². The van der Waals surface area contributed by atoms with E-state index in [1.165, 1.54) is 12.5 Å². The molecule has 1 amide bonds. The second-order valence-corrected chi connectivity index (χ2v) is 4.44. The van der Waals surface area contributed by atoms with Crippen molar-refractivity contribution in [3.8, 4) is 5.88 Å². The van der Waals surface area contributed by atoms with E-state index in [0.717, 1.165) is 0 Å². The van der Waals surface area contributed by atoms with Crippen LogP contribution in [-0.4, -0.2) is 26.0 Å². The number of anilines is 1. The number of rotatable bonds is 2. The van der Waals surface area contributed by atoms with Crippen molar-refractivity contribution in [2.24, 2.45) is 0 Å². The molecule has 7 heteroatoms. The van der Waals surface area contributed by atoms with Crippen molar-refractivity contribution >= 4 is 27.5 Å². The molecule has 0 radical (unpaired) electrons. The van der Waals surface area contributed by atoms with E-state index in [2.05, 4.69) is 36.2 Å². The SMILES string of the molecule is Cc1cc(C(=O)Nc2cc(Br)cnc2O)ncn1. The average Bonchev–Trinajstić information content (AvgIpc) is 2.34. The second kappa shape index (κ2) is 5.09. The summed E-state index contributed by atoms with van der Waals surface area (Å²) >= 11 is 3.20. The lowest BCUT2D eigenvalue weighted by molar-refractivity contribution is 0.102. The molecule has 2 heterocycles. The first-order chi connectivity index (χ1) is 8.56. The van der Waals surface area contributed by atoms with Crippen LogP contribution in [0.4, 0.5) is 5.69 Å². The maximum absolute atomic E-state index is 11.9. The highest BCUT2D eigenvalue weighted by Crippen LogP contribution is 2.24. The minimum absolute atomic E-state index is 0.214. The van der Waals surface area contributed by atoms with E-state index in [4.69, 9.17) is 0 Å². The predicted octanol–water partition coefficient (Wildman–Crippen LogP) is 1.90. The zero-order valence-electron chi connectivity index (χ0n) is 9.38. The van der Waals surface area contributed by atoms with Gasteiger partial charge in [-0.25, -0.2) is 15.0 Å². The first-order valence-electron chi connectivity index (χ1n) is 5.01. The first-order valence-corrected chi connectivity index (χ1v) is 5.80. The van der Waals surface area contributed by atoms with E-state index in [0.29, 0.717) is 10.2 Å². The van der Waals surface area contributed by atoms with Crippen LogP contribution in [0.5, 0.6) is 5.88 Å². The summed E-state index contributed by atoms with van der Waals surface area (Å²) < 4.78 is 0.648. The van der Waals surface area contributed by atoms with Gasteiger partial charge in [-0.05, 0) is 35.0 Å². The van der Waals surface area contributed by atoms with Crippen molar-refractivity contribution in [1.82, 2.24) is 15.0 Å². The Kier molecular flexibility index (Phi) is 3.52. The van der Waals surface area contributed by atoms with Crippen LogP contribution < -0.4 is 5.32 Å². The van der Waals surface area contributed by atoms with Gasteiger partial charge in [-0.3, -0.25) is 4.79 Å². The summed E-state index contributed by atoms with van der Waals surface area (Å²) in [4.78, 5) is 23.3. The molecule has 0 saturated carbocycles. The molecule has 0 spiro atoms. The van der Waals surface area contributed by atoms with Gasteiger partial charge in [-0.2, -0.15) is 0 Å². The lowest BCUT2D eigenvalue weighted by Crippen LogP contribution is -2.14. The monoisotopic (exact) mass is 308 g/mol. The van der Waals surface area contributed by atoms with E-state index in [-0.39, 0.29) is 17.3 Å². The van der Waals surface area contributed by atoms with Gasteiger partial charge in [0.15, 0.2) is 0 Å². The Morgan fingerprint density at radius 2 is 2.11 bits per heavy atom. The molecule has 6 nitrogen and oxygen atoms in total. The largest absolute Gasteiger partial charge is 0.492 e. The molecule has 0 unspecified atom stereocenters. The number of halogens is 1. The smallest absolute Gasteiger partial charge is 0.274 e. The molecule has 0 aliphatic carbocycles. The molecule has 18 heavy (non-hydrogen) atoms. The van der Waals surface area contributed by atoms with E-state index in [1.54, 1.807) is 19.1 Å². The van der Waals surface area contributed by atoms with Gasteiger partial charge in [-0.1, -0.05) is 0 Å². The molecule has 2 rings (SSSR count). The molecule has 0 aliphatic rings. The van der Waals surface area contributed by atoms with Crippen molar-refractivity contribution in [1.29, 1.82) is 0 Å². The third-order valence-electron chi connectivity index (χ3n) is 2.12. The van der Waals surface area contributed by atoms with Crippen LogP contribution in [0.15, 0.2) is 29.1 Å². The van der Waals surface area contributed by atoms with Gasteiger partial charge in [-0.15, -0.1) is 0 Å². The fourth-order valence-corrected chi connectivity index (χ4v) is 1.62. The third kappa shape index (κ3) is 2.80. The quantitative estimate of drug-likeness (QED) is 0.884. The lowest BCUT2D eigenvalue weighted by atomic mass is 10.3. The standard InChI is InChI=1S/C11H9BrN4O2/c1-6-2-8(15-5-14-6)11(18)16-9-3-7(12)4-13-10(9)17/h2-5H,1H3,(H,13,17)(H,16,18). The normalized spacial score (nSPS) is 10.1. The summed E-state index contributed by atoms with van der Waals surface area (Å²) in [6.07, 6.45) is 2.74. The molecule has 2 aromatic heterocycles. The number of hydrogen-bond donors (Lipinski definition) is 2. The Bertz CT molecular complexity index is 603. The van der Waals surface area contributed by atoms with Gasteiger partial charge in [0.2, 0.25) is 5.88 Å². The number of carbonyl (C=O) groups is 1. The van der Waals surface area contributed by atoms with E-state index < -0.39 is 5.91 Å². The Balaban J connectivity index is 2.24. The topological polar surface area (TPSA) is 88.0 Å². The number of carbonyl (C=O) groups excluding carboxylic acids is 1. The van der Waals surface area contributed by atoms with Crippen LogP contribution in [0.2, 0.25) is 0 Å². The summed E-state index contributed by atoms with van der Waals surface area (Å²) in [7, 11) is 0. The molecule has 2 N–H and O–H groups in total. The van der Waals surface area contributed by atoms with Crippen molar-refractivity contribution in [2.45, 2.75) is 6.92 Å². The highest BCUT2D eigenvalue weighted by Gasteiger charge is 2.11. The van der Waals surface area contributed by atoms with Gasteiger partial charge in [0.1, 0.15) is 17.7 Å². The van der Waals surface area contributed by atoms with Crippen molar-refractivity contribution in [2.75, 3.05) is 5.32 Å². The molecule has 0 bridgehead atoms. The van der Waals surface area contributed by atoms with Crippen LogP contribution >= 0.6 is 15.9 Å². The number of aromatic hydroxyl groups is 1. The molecular formula is C11H9BrN4O2. The minimum atomic E-state index is -0.435. The maximum Gasteiger partial charge on any atom is 0.274 e. The van der Waals surface area contributed by atoms with Gasteiger partial charge in [0, 0.05) is 16.4 Å². The van der Waals surface area contributed by atoms with Crippen molar-refractivity contribution < 1.29 is 9.90 Å². The summed E-state index contributed by atoms with van der Waals surface area (Å²) in [5.41, 5.74) is 1.12. The number of hydrogen-bond acceptors (Lipinski definition) is 5. The number of nitrogens with zero attached hydrogens (tertiary/aromatic N) is 3. The second-order valence-electron chi connectivity index (χ2n) is 3.52. The Morgan fingerprint density at radius 3 is 2.83 bits per heavy atom.